The molecule has 0 aliphatic carbocycles. The van der Waals surface area contributed by atoms with E-state index in [1.165, 1.54) is 11.1 Å². The summed E-state index contributed by atoms with van der Waals surface area (Å²) in [4.78, 5) is 3.97. The lowest BCUT2D eigenvalue weighted by Gasteiger charge is -2.04. The fourth-order valence-electron chi connectivity index (χ4n) is 1.27. The van der Waals surface area contributed by atoms with Crippen LogP contribution in [0.1, 0.15) is 11.1 Å². The van der Waals surface area contributed by atoms with Gasteiger partial charge >= 0.3 is 0 Å². The summed E-state index contributed by atoms with van der Waals surface area (Å²) in [6, 6.07) is 8.52. The van der Waals surface area contributed by atoms with Gasteiger partial charge in [-0.3, -0.25) is 4.57 Å². The summed E-state index contributed by atoms with van der Waals surface area (Å²) >= 11 is 6.93. The Morgan fingerprint density at radius 1 is 1.38 bits per heavy atom. The van der Waals surface area contributed by atoms with E-state index in [-0.39, 0.29) is 0 Å². The zero-order valence-corrected chi connectivity index (χ0v) is 10.6. The molecule has 0 amide bonds. The van der Waals surface area contributed by atoms with Gasteiger partial charge in [-0.15, -0.1) is 0 Å². The topological polar surface area (TPSA) is 17.8 Å². The maximum Gasteiger partial charge on any atom is 0.146 e. The summed E-state index contributed by atoms with van der Waals surface area (Å²) in [6.07, 6.45) is 5.33. The molecule has 2 aromatic rings. The Kier molecular flexibility index (Phi) is 3.74. The third-order valence-corrected chi connectivity index (χ3v) is 3.70. The van der Waals surface area contributed by atoms with E-state index in [0.29, 0.717) is 0 Å². The van der Waals surface area contributed by atoms with Crippen LogP contribution in [0.3, 0.4) is 0 Å². The standard InChI is InChI=1S/C12H12N2S2/c1-10-2-4-11(5-3-10)8-16-12(15)14-7-6-13-9-14/h2-7,9H,8H2,1H3. The molecular weight excluding hydrogens is 236 g/mol. The zero-order chi connectivity index (χ0) is 11.4. The van der Waals surface area contributed by atoms with Gasteiger partial charge in [0.25, 0.3) is 0 Å². The highest BCUT2D eigenvalue weighted by molar-refractivity contribution is 8.22. The van der Waals surface area contributed by atoms with Gasteiger partial charge in [-0.25, -0.2) is 4.98 Å². The molecule has 0 atom stereocenters. The molecule has 0 fully saturated rings. The minimum Gasteiger partial charge on any atom is -0.291 e. The molecule has 0 N–H and O–H groups in total. The van der Waals surface area contributed by atoms with Crippen LogP contribution in [0.25, 0.3) is 0 Å². The molecule has 0 spiro atoms. The first-order valence-corrected chi connectivity index (χ1v) is 6.36. The van der Waals surface area contributed by atoms with Crippen molar-refractivity contribution in [3.05, 3.63) is 54.1 Å². The second-order valence-corrected chi connectivity index (χ2v) is 5.12. The van der Waals surface area contributed by atoms with Crippen molar-refractivity contribution in [3.8, 4) is 0 Å². The van der Waals surface area contributed by atoms with Crippen molar-refractivity contribution in [2.24, 2.45) is 0 Å². The molecule has 0 aliphatic rings. The highest BCUT2D eigenvalue weighted by Gasteiger charge is 2.00. The van der Waals surface area contributed by atoms with E-state index in [4.69, 9.17) is 12.2 Å². The lowest BCUT2D eigenvalue weighted by atomic mass is 10.2. The number of hydrogen-bond donors (Lipinski definition) is 0. The van der Waals surface area contributed by atoms with Crippen molar-refractivity contribution in [1.29, 1.82) is 0 Å². The molecule has 1 heterocycles. The Hall–Kier alpha value is -1.13. The second kappa shape index (κ2) is 5.27. The Morgan fingerprint density at radius 3 is 2.75 bits per heavy atom. The number of rotatable bonds is 2. The second-order valence-electron chi connectivity index (χ2n) is 3.51. The van der Waals surface area contributed by atoms with E-state index >= 15 is 0 Å². The average molecular weight is 248 g/mol. The molecule has 0 saturated heterocycles. The minimum absolute atomic E-state index is 0.832. The summed E-state index contributed by atoms with van der Waals surface area (Å²) in [5.74, 6) is 0.900. The fraction of sp³-hybridized carbons (Fsp3) is 0.167. The highest BCUT2D eigenvalue weighted by atomic mass is 32.2. The van der Waals surface area contributed by atoms with Crippen molar-refractivity contribution in [1.82, 2.24) is 9.55 Å². The SMILES string of the molecule is Cc1ccc(CSC(=S)n2ccnc2)cc1. The van der Waals surface area contributed by atoms with Gasteiger partial charge in [0.1, 0.15) is 10.6 Å². The molecule has 4 heteroatoms. The lowest BCUT2D eigenvalue weighted by Crippen LogP contribution is -2.01. The normalized spacial score (nSPS) is 10.3. The van der Waals surface area contributed by atoms with Gasteiger partial charge in [-0.2, -0.15) is 0 Å². The molecule has 1 aromatic heterocycles. The maximum absolute atomic E-state index is 5.29. The van der Waals surface area contributed by atoms with E-state index < -0.39 is 0 Å². The van der Waals surface area contributed by atoms with E-state index in [1.807, 2.05) is 10.8 Å². The van der Waals surface area contributed by atoms with Gasteiger partial charge in [-0.05, 0) is 12.5 Å². The van der Waals surface area contributed by atoms with E-state index in [0.717, 1.165) is 10.1 Å². The van der Waals surface area contributed by atoms with Gasteiger partial charge in [0.15, 0.2) is 0 Å². The zero-order valence-electron chi connectivity index (χ0n) is 8.96. The third kappa shape index (κ3) is 2.93. The van der Waals surface area contributed by atoms with Crippen LogP contribution in [0.2, 0.25) is 0 Å². The quantitative estimate of drug-likeness (QED) is 0.760. The van der Waals surface area contributed by atoms with Crippen LogP contribution in [0.5, 0.6) is 0 Å². The van der Waals surface area contributed by atoms with Crippen molar-refractivity contribution in [3.63, 3.8) is 0 Å². The average Bonchev–Trinajstić information content (AvgIpc) is 2.81. The van der Waals surface area contributed by atoms with Gasteiger partial charge < -0.3 is 0 Å². The third-order valence-electron chi connectivity index (χ3n) is 2.20. The molecule has 0 bridgehead atoms. The predicted octanol–water partition coefficient (Wildman–Crippen LogP) is 3.26. The minimum atomic E-state index is 0.832. The van der Waals surface area contributed by atoms with Crippen molar-refractivity contribution in [2.45, 2.75) is 12.7 Å². The summed E-state index contributed by atoms with van der Waals surface area (Å²) in [6.45, 7) is 2.09. The number of hydrogen-bond acceptors (Lipinski definition) is 3. The molecular formula is C12H12N2S2. The van der Waals surface area contributed by atoms with Crippen LogP contribution >= 0.6 is 24.0 Å². The van der Waals surface area contributed by atoms with Crippen molar-refractivity contribution < 1.29 is 0 Å². The molecule has 2 rings (SSSR count). The molecule has 0 saturated carbocycles. The van der Waals surface area contributed by atoms with Crippen LogP contribution in [-0.2, 0) is 5.75 Å². The summed E-state index contributed by atoms with van der Waals surface area (Å²) in [5, 5.41) is 0. The smallest absolute Gasteiger partial charge is 0.146 e. The number of aryl methyl sites for hydroxylation is 1. The lowest BCUT2D eigenvalue weighted by molar-refractivity contribution is 1.18. The highest BCUT2D eigenvalue weighted by Crippen LogP contribution is 2.15. The van der Waals surface area contributed by atoms with E-state index in [2.05, 4.69) is 36.2 Å². The van der Waals surface area contributed by atoms with Gasteiger partial charge in [0.05, 0.1) is 0 Å². The number of imidazole rings is 1. The summed E-state index contributed by atoms with van der Waals surface area (Å²) < 4.78 is 2.69. The molecule has 0 unspecified atom stereocenters. The number of thiocarbonyl (C=S) groups is 1. The van der Waals surface area contributed by atoms with Gasteiger partial charge in [0, 0.05) is 18.1 Å². The Labute approximate surface area is 105 Å². The van der Waals surface area contributed by atoms with Crippen LogP contribution < -0.4 is 0 Å². The van der Waals surface area contributed by atoms with Crippen molar-refractivity contribution >= 4 is 28.3 Å². The van der Waals surface area contributed by atoms with Crippen LogP contribution in [0.15, 0.2) is 43.0 Å². The first kappa shape index (κ1) is 11.4. The van der Waals surface area contributed by atoms with Crippen LogP contribution in [0.4, 0.5) is 0 Å². The molecule has 2 nitrogen and oxygen atoms in total. The fourth-order valence-corrected chi connectivity index (χ4v) is 2.30. The Bertz CT molecular complexity index is 460. The summed E-state index contributed by atoms with van der Waals surface area (Å²) in [7, 11) is 0. The molecule has 82 valence electrons. The molecule has 0 aliphatic heterocycles. The Balaban J connectivity index is 1.93. The molecule has 1 aromatic carbocycles. The van der Waals surface area contributed by atoms with E-state index in [9.17, 15) is 0 Å². The number of aromatic nitrogens is 2. The number of thioether (sulfide) groups is 1. The predicted molar refractivity (Wildman–Crippen MR) is 72.7 cm³/mol. The molecule has 16 heavy (non-hydrogen) atoms. The van der Waals surface area contributed by atoms with Crippen LogP contribution in [0, 0.1) is 6.92 Å². The largest absolute Gasteiger partial charge is 0.291 e. The first-order valence-electron chi connectivity index (χ1n) is 4.96. The number of nitrogens with zero attached hydrogens (tertiary/aromatic N) is 2. The van der Waals surface area contributed by atoms with Crippen LogP contribution in [-0.4, -0.2) is 13.9 Å². The Morgan fingerprint density at radius 2 is 2.12 bits per heavy atom. The molecule has 0 radical (unpaired) electrons. The van der Waals surface area contributed by atoms with Crippen molar-refractivity contribution in [2.75, 3.05) is 0 Å². The monoisotopic (exact) mass is 248 g/mol. The summed E-state index contributed by atoms with van der Waals surface area (Å²) in [5.41, 5.74) is 2.57. The van der Waals surface area contributed by atoms with Gasteiger partial charge in [-0.1, -0.05) is 53.8 Å². The van der Waals surface area contributed by atoms with Gasteiger partial charge in [0.2, 0.25) is 0 Å². The first-order chi connectivity index (χ1) is 7.75. The van der Waals surface area contributed by atoms with E-state index in [1.54, 1.807) is 24.3 Å². The maximum atomic E-state index is 5.29. The number of benzene rings is 1.